The van der Waals surface area contributed by atoms with Crippen LogP contribution in [0.5, 0.6) is 0 Å². The third-order valence-electron chi connectivity index (χ3n) is 3.55. The van der Waals surface area contributed by atoms with E-state index in [1.165, 1.54) is 0 Å². The van der Waals surface area contributed by atoms with Gasteiger partial charge in [0.1, 0.15) is 0 Å². The largest absolute Gasteiger partial charge is 0.294 e. The molecule has 1 spiro atoms. The number of halogens is 1. The molecule has 1 nitrogen and oxygen atoms in total. The van der Waals surface area contributed by atoms with Crippen molar-refractivity contribution in [1.82, 2.24) is 0 Å². The number of hydrogen-bond acceptors (Lipinski definition) is 1. The minimum atomic E-state index is 0.0255. The summed E-state index contributed by atoms with van der Waals surface area (Å²) in [6, 6.07) is 5.67. The second-order valence-corrected chi connectivity index (χ2v) is 4.78. The van der Waals surface area contributed by atoms with Crippen LogP contribution in [-0.2, 0) is 6.42 Å². The Balaban J connectivity index is 2.16. The van der Waals surface area contributed by atoms with Crippen molar-refractivity contribution in [3.8, 4) is 0 Å². The Hall–Kier alpha value is -0.820. The quantitative estimate of drug-likeness (QED) is 0.637. The average Bonchev–Trinajstić information content (AvgIpc) is 2.94. The molecule has 0 saturated heterocycles. The third kappa shape index (κ3) is 0.992. The molecule has 0 aliphatic heterocycles. The highest BCUT2D eigenvalue weighted by molar-refractivity contribution is 6.32. The van der Waals surface area contributed by atoms with Gasteiger partial charge < -0.3 is 0 Å². The molecule has 0 aromatic heterocycles. The topological polar surface area (TPSA) is 17.1 Å². The molecule has 2 aliphatic carbocycles. The number of carbonyl (C=O) groups is 1. The molecule has 1 fully saturated rings. The Morgan fingerprint density at radius 1 is 1.21 bits per heavy atom. The number of rotatable bonds is 0. The molecule has 3 rings (SSSR count). The highest BCUT2D eigenvalue weighted by Crippen LogP contribution is 2.55. The molecule has 0 atom stereocenters. The Labute approximate surface area is 88.1 Å². The zero-order chi connectivity index (χ0) is 9.76. The van der Waals surface area contributed by atoms with Crippen LogP contribution < -0.4 is 0 Å². The van der Waals surface area contributed by atoms with Crippen LogP contribution in [0.25, 0.3) is 0 Å². The van der Waals surface area contributed by atoms with E-state index in [1.54, 1.807) is 0 Å². The zero-order valence-electron chi connectivity index (χ0n) is 7.85. The zero-order valence-corrected chi connectivity index (χ0v) is 8.60. The SMILES string of the molecule is O=C1c2cccc(Cl)c2CCC12CC2. The highest BCUT2D eigenvalue weighted by Gasteiger charge is 2.51. The summed E-state index contributed by atoms with van der Waals surface area (Å²) in [4.78, 5) is 12.1. The fourth-order valence-corrected chi connectivity index (χ4v) is 2.69. The van der Waals surface area contributed by atoms with Crippen LogP contribution in [0.15, 0.2) is 18.2 Å². The first-order valence-electron chi connectivity index (χ1n) is 5.05. The number of Topliss-reactive ketones (excluding diaryl/α,β-unsaturated/α-hetero) is 1. The standard InChI is InChI=1S/C12H11ClO/c13-10-3-1-2-9-8(10)4-5-12(6-7-12)11(9)14/h1-3H,4-7H2. The molecule has 1 aromatic rings. The van der Waals surface area contributed by atoms with Gasteiger partial charge in [-0.15, -0.1) is 0 Å². The molecule has 72 valence electrons. The third-order valence-corrected chi connectivity index (χ3v) is 3.91. The van der Waals surface area contributed by atoms with Gasteiger partial charge in [-0.05, 0) is 37.3 Å². The lowest BCUT2D eigenvalue weighted by Gasteiger charge is -2.23. The van der Waals surface area contributed by atoms with Gasteiger partial charge >= 0.3 is 0 Å². The molecule has 0 N–H and O–H groups in total. The summed E-state index contributed by atoms with van der Waals surface area (Å²) in [5.41, 5.74) is 1.97. The number of fused-ring (bicyclic) bond motifs is 1. The van der Waals surface area contributed by atoms with Crippen LogP contribution in [0.4, 0.5) is 0 Å². The van der Waals surface area contributed by atoms with E-state index in [0.29, 0.717) is 5.78 Å². The lowest BCUT2D eigenvalue weighted by molar-refractivity contribution is 0.0880. The fourth-order valence-electron chi connectivity index (χ4n) is 2.42. The van der Waals surface area contributed by atoms with Crippen molar-refractivity contribution in [1.29, 1.82) is 0 Å². The van der Waals surface area contributed by atoms with Gasteiger partial charge in [-0.3, -0.25) is 4.79 Å². The van der Waals surface area contributed by atoms with Crippen LogP contribution in [0.2, 0.25) is 5.02 Å². The van der Waals surface area contributed by atoms with Crippen molar-refractivity contribution >= 4 is 17.4 Å². The van der Waals surface area contributed by atoms with Gasteiger partial charge in [0, 0.05) is 16.0 Å². The average molecular weight is 207 g/mol. The molecule has 14 heavy (non-hydrogen) atoms. The molecule has 0 amide bonds. The van der Waals surface area contributed by atoms with Crippen molar-refractivity contribution in [2.75, 3.05) is 0 Å². The van der Waals surface area contributed by atoms with Crippen molar-refractivity contribution < 1.29 is 4.79 Å². The highest BCUT2D eigenvalue weighted by atomic mass is 35.5. The molecule has 2 aliphatic rings. The molecule has 0 heterocycles. The van der Waals surface area contributed by atoms with E-state index in [2.05, 4.69) is 0 Å². The molecule has 1 aromatic carbocycles. The van der Waals surface area contributed by atoms with Gasteiger partial charge in [-0.25, -0.2) is 0 Å². The number of benzene rings is 1. The van der Waals surface area contributed by atoms with Crippen molar-refractivity contribution in [3.05, 3.63) is 34.3 Å². The predicted molar refractivity (Wildman–Crippen MR) is 55.8 cm³/mol. The number of ketones is 1. The van der Waals surface area contributed by atoms with Crippen molar-refractivity contribution in [2.24, 2.45) is 5.41 Å². The summed E-state index contributed by atoms with van der Waals surface area (Å²) in [5, 5.41) is 0.756. The lowest BCUT2D eigenvalue weighted by Crippen LogP contribution is -2.23. The Bertz CT molecular complexity index is 418. The van der Waals surface area contributed by atoms with Gasteiger partial charge in [0.05, 0.1) is 0 Å². The van der Waals surface area contributed by atoms with Crippen molar-refractivity contribution in [3.63, 3.8) is 0 Å². The van der Waals surface area contributed by atoms with Crippen molar-refractivity contribution in [2.45, 2.75) is 25.7 Å². The molecule has 0 unspecified atom stereocenters. The molecular weight excluding hydrogens is 196 g/mol. The number of carbonyl (C=O) groups excluding carboxylic acids is 1. The minimum Gasteiger partial charge on any atom is -0.294 e. The van der Waals surface area contributed by atoms with E-state index < -0.39 is 0 Å². The maximum atomic E-state index is 12.1. The first kappa shape index (κ1) is 8.49. The van der Waals surface area contributed by atoms with Crippen LogP contribution in [0.1, 0.15) is 35.2 Å². The maximum Gasteiger partial charge on any atom is 0.169 e. The number of hydrogen-bond donors (Lipinski definition) is 0. The Morgan fingerprint density at radius 2 is 2.00 bits per heavy atom. The maximum absolute atomic E-state index is 12.1. The summed E-state index contributed by atoms with van der Waals surface area (Å²) in [7, 11) is 0. The van der Waals surface area contributed by atoms with E-state index >= 15 is 0 Å². The van der Waals surface area contributed by atoms with Gasteiger partial charge in [0.25, 0.3) is 0 Å². The van der Waals surface area contributed by atoms with E-state index in [0.717, 1.165) is 41.8 Å². The Morgan fingerprint density at radius 3 is 2.71 bits per heavy atom. The van der Waals surface area contributed by atoms with E-state index in [9.17, 15) is 4.79 Å². The fraction of sp³-hybridized carbons (Fsp3) is 0.417. The van der Waals surface area contributed by atoms with Crippen LogP contribution in [0.3, 0.4) is 0 Å². The molecule has 0 bridgehead atoms. The van der Waals surface area contributed by atoms with Gasteiger partial charge in [0.2, 0.25) is 0 Å². The smallest absolute Gasteiger partial charge is 0.169 e. The van der Waals surface area contributed by atoms with Crippen LogP contribution in [-0.4, -0.2) is 5.78 Å². The normalized spacial score (nSPS) is 22.2. The molecular formula is C12H11ClO. The summed E-state index contributed by atoms with van der Waals surface area (Å²) in [6.07, 6.45) is 4.14. The van der Waals surface area contributed by atoms with Crippen LogP contribution in [0, 0.1) is 5.41 Å². The molecule has 1 saturated carbocycles. The minimum absolute atomic E-state index is 0.0255. The molecule has 2 heteroatoms. The second-order valence-electron chi connectivity index (χ2n) is 4.38. The first-order valence-corrected chi connectivity index (χ1v) is 5.43. The van der Waals surface area contributed by atoms with E-state index in [4.69, 9.17) is 11.6 Å². The summed E-state index contributed by atoms with van der Waals surface area (Å²) in [5.74, 6) is 0.334. The van der Waals surface area contributed by atoms with Gasteiger partial charge in [-0.1, -0.05) is 23.7 Å². The first-order chi connectivity index (χ1) is 6.73. The summed E-state index contributed by atoms with van der Waals surface area (Å²) in [6.45, 7) is 0. The summed E-state index contributed by atoms with van der Waals surface area (Å²) < 4.78 is 0. The van der Waals surface area contributed by atoms with E-state index in [-0.39, 0.29) is 5.41 Å². The molecule has 0 radical (unpaired) electrons. The predicted octanol–water partition coefficient (Wildman–Crippen LogP) is 3.25. The monoisotopic (exact) mass is 206 g/mol. The summed E-state index contributed by atoms with van der Waals surface area (Å²) >= 11 is 6.07. The second kappa shape index (κ2) is 2.60. The Kier molecular flexibility index (Phi) is 1.58. The van der Waals surface area contributed by atoms with Gasteiger partial charge in [-0.2, -0.15) is 0 Å². The van der Waals surface area contributed by atoms with Gasteiger partial charge in [0.15, 0.2) is 5.78 Å². The van der Waals surface area contributed by atoms with E-state index in [1.807, 2.05) is 18.2 Å². The van der Waals surface area contributed by atoms with Crippen LogP contribution >= 0.6 is 11.6 Å². The lowest BCUT2D eigenvalue weighted by atomic mass is 9.80.